The van der Waals surface area contributed by atoms with Crippen molar-refractivity contribution < 1.29 is 23.1 Å². The second-order valence-corrected chi connectivity index (χ2v) is 5.62. The van der Waals surface area contributed by atoms with Gasteiger partial charge in [0, 0.05) is 38.4 Å². The summed E-state index contributed by atoms with van der Waals surface area (Å²) in [5, 5.41) is 0. The van der Waals surface area contributed by atoms with Crippen molar-refractivity contribution in [3.8, 4) is 11.3 Å². The van der Waals surface area contributed by atoms with Crippen molar-refractivity contribution in [2.45, 2.75) is 25.7 Å². The number of halogens is 1. The Morgan fingerprint density at radius 2 is 1.96 bits per heavy atom. The second kappa shape index (κ2) is 8.96. The van der Waals surface area contributed by atoms with Gasteiger partial charge >= 0.3 is 5.97 Å². The van der Waals surface area contributed by atoms with Gasteiger partial charge < -0.3 is 14.1 Å². The molecule has 6 nitrogen and oxygen atoms in total. The minimum Gasteiger partial charge on any atom is -0.469 e. The third kappa shape index (κ3) is 5.70. The third-order valence-electron chi connectivity index (χ3n) is 3.76. The molecule has 2 rings (SSSR count). The van der Waals surface area contributed by atoms with Crippen molar-refractivity contribution in [1.82, 2.24) is 9.88 Å². The molecular formula is C18H21FN2O4. The fourth-order valence-corrected chi connectivity index (χ4v) is 2.27. The summed E-state index contributed by atoms with van der Waals surface area (Å²) in [6.45, 7) is 0.486. The summed E-state index contributed by atoms with van der Waals surface area (Å²) >= 11 is 0. The van der Waals surface area contributed by atoms with Crippen LogP contribution in [0.1, 0.15) is 25.2 Å². The van der Waals surface area contributed by atoms with Crippen LogP contribution in [0.5, 0.6) is 0 Å². The lowest BCUT2D eigenvalue weighted by molar-refractivity contribution is -0.141. The van der Waals surface area contributed by atoms with Crippen LogP contribution in [0.15, 0.2) is 34.9 Å². The predicted molar refractivity (Wildman–Crippen MR) is 89.1 cm³/mol. The maximum absolute atomic E-state index is 12.9. The summed E-state index contributed by atoms with van der Waals surface area (Å²) < 4.78 is 23.1. The predicted octanol–water partition coefficient (Wildman–Crippen LogP) is 2.82. The van der Waals surface area contributed by atoms with Crippen LogP contribution in [0.2, 0.25) is 0 Å². The van der Waals surface area contributed by atoms with E-state index in [4.69, 9.17) is 4.42 Å². The molecule has 0 saturated heterocycles. The first-order valence-electron chi connectivity index (χ1n) is 8.01. The van der Waals surface area contributed by atoms with E-state index in [1.165, 1.54) is 19.2 Å². The van der Waals surface area contributed by atoms with Gasteiger partial charge in [-0.3, -0.25) is 9.59 Å². The van der Waals surface area contributed by atoms with E-state index in [9.17, 15) is 14.0 Å². The molecule has 0 fully saturated rings. The van der Waals surface area contributed by atoms with Gasteiger partial charge in [-0.15, -0.1) is 0 Å². The minimum absolute atomic E-state index is 0.0496. The number of carbonyl (C=O) groups excluding carboxylic acids is 2. The van der Waals surface area contributed by atoms with Gasteiger partial charge in [-0.05, 0) is 30.7 Å². The molecule has 1 aromatic heterocycles. The Labute approximate surface area is 145 Å². The quantitative estimate of drug-likeness (QED) is 0.686. The standard InChI is InChI=1S/C18H21FN2O4/c1-21(11-3-4-18(23)24-2)17(22)10-9-16-20-12-15(25-16)13-5-7-14(19)8-6-13/h5-8,12H,3-4,9-11H2,1-2H3. The number of methoxy groups -OCH3 is 1. The summed E-state index contributed by atoms with van der Waals surface area (Å²) in [5.74, 6) is 0.342. The monoisotopic (exact) mass is 348 g/mol. The van der Waals surface area contributed by atoms with Gasteiger partial charge in [0.1, 0.15) is 5.82 Å². The fraction of sp³-hybridized carbons (Fsp3) is 0.389. The van der Waals surface area contributed by atoms with Gasteiger partial charge in [0.2, 0.25) is 5.91 Å². The average Bonchev–Trinajstić information content (AvgIpc) is 3.08. The number of ether oxygens (including phenoxy) is 1. The molecule has 0 bridgehead atoms. The Bertz CT molecular complexity index is 712. The molecule has 0 radical (unpaired) electrons. The molecule has 134 valence electrons. The van der Waals surface area contributed by atoms with Crippen LogP contribution in [-0.4, -0.2) is 42.5 Å². The van der Waals surface area contributed by atoms with Crippen molar-refractivity contribution in [2.75, 3.05) is 20.7 Å². The molecule has 2 aromatic rings. The number of nitrogens with zero attached hydrogens (tertiary/aromatic N) is 2. The number of amides is 1. The Morgan fingerprint density at radius 3 is 2.64 bits per heavy atom. The van der Waals surface area contributed by atoms with E-state index >= 15 is 0 Å². The highest BCUT2D eigenvalue weighted by molar-refractivity contribution is 5.76. The summed E-state index contributed by atoms with van der Waals surface area (Å²) in [6, 6.07) is 5.93. The molecule has 1 heterocycles. The molecule has 0 aliphatic rings. The molecule has 1 amide bonds. The topological polar surface area (TPSA) is 72.6 Å². The Morgan fingerprint density at radius 1 is 1.24 bits per heavy atom. The SMILES string of the molecule is COC(=O)CCCN(C)C(=O)CCc1ncc(-c2ccc(F)cc2)o1. The first-order chi connectivity index (χ1) is 12.0. The van der Waals surface area contributed by atoms with E-state index in [2.05, 4.69) is 9.72 Å². The lowest BCUT2D eigenvalue weighted by Gasteiger charge is -2.16. The number of hydrogen-bond donors (Lipinski definition) is 0. The normalized spacial score (nSPS) is 10.5. The van der Waals surface area contributed by atoms with Gasteiger partial charge in [0.15, 0.2) is 11.7 Å². The second-order valence-electron chi connectivity index (χ2n) is 5.62. The smallest absolute Gasteiger partial charge is 0.305 e. The lowest BCUT2D eigenvalue weighted by Crippen LogP contribution is -2.28. The van der Waals surface area contributed by atoms with E-state index in [0.29, 0.717) is 31.0 Å². The highest BCUT2D eigenvalue weighted by Gasteiger charge is 2.13. The van der Waals surface area contributed by atoms with Crippen LogP contribution in [0, 0.1) is 5.82 Å². The summed E-state index contributed by atoms with van der Waals surface area (Å²) in [6.07, 6.45) is 3.05. The number of aryl methyl sites for hydroxylation is 1. The average molecular weight is 348 g/mol. The molecule has 0 atom stereocenters. The first-order valence-corrected chi connectivity index (χ1v) is 8.01. The molecule has 0 unspecified atom stereocenters. The van der Waals surface area contributed by atoms with Gasteiger partial charge in [0.25, 0.3) is 0 Å². The maximum atomic E-state index is 12.9. The van der Waals surface area contributed by atoms with E-state index in [1.54, 1.807) is 30.3 Å². The molecule has 0 saturated carbocycles. The first kappa shape index (κ1) is 18.6. The number of rotatable bonds is 8. The van der Waals surface area contributed by atoms with Gasteiger partial charge in [0.05, 0.1) is 13.3 Å². The van der Waals surface area contributed by atoms with E-state index in [1.807, 2.05) is 0 Å². The Hall–Kier alpha value is -2.70. The van der Waals surface area contributed by atoms with Gasteiger partial charge in [-0.25, -0.2) is 9.37 Å². The summed E-state index contributed by atoms with van der Waals surface area (Å²) in [5.41, 5.74) is 0.728. The Balaban J connectivity index is 1.80. The van der Waals surface area contributed by atoms with Crippen LogP contribution >= 0.6 is 0 Å². The van der Waals surface area contributed by atoms with Crippen molar-refractivity contribution >= 4 is 11.9 Å². The number of benzene rings is 1. The van der Waals surface area contributed by atoms with Crippen molar-refractivity contribution in [3.05, 3.63) is 42.2 Å². The fourth-order valence-electron chi connectivity index (χ4n) is 2.27. The molecular weight excluding hydrogens is 327 g/mol. The van der Waals surface area contributed by atoms with Crippen molar-refractivity contribution in [3.63, 3.8) is 0 Å². The highest BCUT2D eigenvalue weighted by Crippen LogP contribution is 2.21. The summed E-state index contributed by atoms with van der Waals surface area (Å²) in [7, 11) is 3.03. The molecule has 7 heteroatoms. The van der Waals surface area contributed by atoms with Crippen LogP contribution in [0.25, 0.3) is 11.3 Å². The zero-order valence-corrected chi connectivity index (χ0v) is 14.3. The molecule has 0 aliphatic carbocycles. The molecule has 25 heavy (non-hydrogen) atoms. The van der Waals surface area contributed by atoms with Gasteiger partial charge in [-0.2, -0.15) is 0 Å². The third-order valence-corrected chi connectivity index (χ3v) is 3.76. The largest absolute Gasteiger partial charge is 0.469 e. The number of aromatic nitrogens is 1. The number of esters is 1. The van der Waals surface area contributed by atoms with Gasteiger partial charge in [-0.1, -0.05) is 0 Å². The van der Waals surface area contributed by atoms with Crippen molar-refractivity contribution in [1.29, 1.82) is 0 Å². The van der Waals surface area contributed by atoms with Crippen LogP contribution in [0.4, 0.5) is 4.39 Å². The Kier molecular flexibility index (Phi) is 6.68. The highest BCUT2D eigenvalue weighted by atomic mass is 19.1. The van der Waals surface area contributed by atoms with Crippen LogP contribution in [0.3, 0.4) is 0 Å². The number of oxazole rings is 1. The number of hydrogen-bond acceptors (Lipinski definition) is 5. The zero-order valence-electron chi connectivity index (χ0n) is 14.3. The molecule has 0 aliphatic heterocycles. The van der Waals surface area contributed by atoms with E-state index in [0.717, 1.165) is 5.56 Å². The van der Waals surface area contributed by atoms with Crippen LogP contribution < -0.4 is 0 Å². The molecule has 0 N–H and O–H groups in total. The van der Waals surface area contributed by atoms with E-state index in [-0.39, 0.29) is 30.5 Å². The zero-order chi connectivity index (χ0) is 18.2. The van der Waals surface area contributed by atoms with Crippen LogP contribution in [-0.2, 0) is 20.7 Å². The lowest BCUT2D eigenvalue weighted by atomic mass is 10.2. The maximum Gasteiger partial charge on any atom is 0.305 e. The molecule has 0 spiro atoms. The van der Waals surface area contributed by atoms with E-state index < -0.39 is 0 Å². The van der Waals surface area contributed by atoms with Crippen molar-refractivity contribution in [2.24, 2.45) is 0 Å². The summed E-state index contributed by atoms with van der Waals surface area (Å²) in [4.78, 5) is 28.8. The number of carbonyl (C=O) groups is 2. The minimum atomic E-state index is -0.315. The molecule has 1 aromatic carbocycles.